The minimum absolute atomic E-state index is 0.0291. The molecule has 0 saturated carbocycles. The van der Waals surface area contributed by atoms with Gasteiger partial charge in [0.1, 0.15) is 22.5 Å². The molecule has 7 heteroatoms. The Hall–Kier alpha value is -2.30. The molecule has 5 nitrogen and oxygen atoms in total. The topological polar surface area (TPSA) is 82.8 Å². The number of hydrogen-bond donors (Lipinski definition) is 1. The molecule has 2 aromatic rings. The highest BCUT2D eigenvalue weighted by molar-refractivity contribution is 7.89. The molecular formula is C13H10FN3O2S. The Bertz CT molecular complexity index is 735. The summed E-state index contributed by atoms with van der Waals surface area (Å²) in [6.07, 6.45) is 1.12. The average Bonchev–Trinajstić information content (AvgIpc) is 2.47. The van der Waals surface area contributed by atoms with Gasteiger partial charge in [-0.2, -0.15) is 5.26 Å². The van der Waals surface area contributed by atoms with E-state index in [1.165, 1.54) is 36.4 Å². The van der Waals surface area contributed by atoms with Crippen molar-refractivity contribution < 1.29 is 12.8 Å². The lowest BCUT2D eigenvalue weighted by atomic mass is 10.2. The van der Waals surface area contributed by atoms with Crippen LogP contribution >= 0.6 is 0 Å². The summed E-state index contributed by atoms with van der Waals surface area (Å²) in [6.45, 7) is 0.0443. The fourth-order valence-corrected chi connectivity index (χ4v) is 2.43. The second-order valence-corrected chi connectivity index (χ2v) is 5.71. The molecule has 1 aromatic carbocycles. The van der Waals surface area contributed by atoms with Crippen molar-refractivity contribution in [2.45, 2.75) is 11.4 Å². The molecule has 102 valence electrons. The van der Waals surface area contributed by atoms with Crippen molar-refractivity contribution in [2.75, 3.05) is 0 Å². The molecule has 0 amide bonds. The minimum atomic E-state index is -3.71. The Labute approximate surface area is 115 Å². The number of nitrogens with zero attached hydrogens (tertiary/aromatic N) is 2. The molecular weight excluding hydrogens is 281 g/mol. The highest BCUT2D eigenvalue weighted by Gasteiger charge is 2.14. The first-order valence-electron chi connectivity index (χ1n) is 5.61. The lowest BCUT2D eigenvalue weighted by molar-refractivity contribution is 0.580. The summed E-state index contributed by atoms with van der Waals surface area (Å²) in [5.74, 6) is -0.382. The van der Waals surface area contributed by atoms with Gasteiger partial charge in [-0.25, -0.2) is 22.5 Å². The maximum absolute atomic E-state index is 12.7. The van der Waals surface area contributed by atoms with Gasteiger partial charge in [0.05, 0.1) is 0 Å². The number of rotatable bonds is 4. The van der Waals surface area contributed by atoms with E-state index in [9.17, 15) is 12.8 Å². The van der Waals surface area contributed by atoms with Crippen molar-refractivity contribution in [3.63, 3.8) is 0 Å². The summed E-state index contributed by atoms with van der Waals surface area (Å²) in [6, 6.07) is 9.94. The molecule has 1 aromatic heterocycles. The predicted molar refractivity (Wildman–Crippen MR) is 69.4 cm³/mol. The second-order valence-electron chi connectivity index (χ2n) is 3.94. The van der Waals surface area contributed by atoms with Crippen molar-refractivity contribution in [2.24, 2.45) is 0 Å². The van der Waals surface area contributed by atoms with Crippen LogP contribution < -0.4 is 4.72 Å². The summed E-state index contributed by atoms with van der Waals surface area (Å²) in [5.41, 5.74) is 0.777. The molecule has 1 heterocycles. The van der Waals surface area contributed by atoms with Crippen LogP contribution in [0.1, 0.15) is 11.3 Å². The molecule has 0 unspecified atom stereocenters. The number of halogens is 1. The van der Waals surface area contributed by atoms with Crippen molar-refractivity contribution in [1.29, 1.82) is 5.26 Å². The zero-order valence-corrected chi connectivity index (χ0v) is 11.1. The van der Waals surface area contributed by atoms with Gasteiger partial charge in [0.15, 0.2) is 0 Å². The van der Waals surface area contributed by atoms with Gasteiger partial charge in [0.25, 0.3) is 0 Å². The Balaban J connectivity index is 2.10. The van der Waals surface area contributed by atoms with E-state index in [1.54, 1.807) is 6.07 Å². The van der Waals surface area contributed by atoms with Crippen molar-refractivity contribution in [3.8, 4) is 6.07 Å². The predicted octanol–water partition coefficient (Wildman–Crippen LogP) is 1.57. The largest absolute Gasteiger partial charge is 0.244 e. The number of hydrogen-bond acceptors (Lipinski definition) is 4. The van der Waals surface area contributed by atoms with E-state index in [1.807, 2.05) is 0 Å². The van der Waals surface area contributed by atoms with Gasteiger partial charge in [-0.05, 0) is 29.8 Å². The second kappa shape index (κ2) is 5.77. The number of aromatic nitrogens is 1. The summed E-state index contributed by atoms with van der Waals surface area (Å²) in [7, 11) is -3.71. The van der Waals surface area contributed by atoms with Crippen molar-refractivity contribution >= 4 is 10.0 Å². The van der Waals surface area contributed by atoms with Gasteiger partial charge < -0.3 is 0 Å². The van der Waals surface area contributed by atoms with Gasteiger partial charge in [-0.3, -0.25) is 0 Å². The Kier molecular flexibility index (Phi) is 4.08. The molecule has 0 radical (unpaired) electrons. The van der Waals surface area contributed by atoms with Gasteiger partial charge in [0, 0.05) is 12.7 Å². The standard InChI is InChI=1S/C13H10FN3O2S/c14-11-3-1-10(2-4-11)8-17-20(18,19)13-6-5-12(7-15)16-9-13/h1-6,9,17H,8H2. The van der Waals surface area contributed by atoms with Crippen LogP contribution in [0.5, 0.6) is 0 Å². The molecule has 0 saturated heterocycles. The van der Waals surface area contributed by atoms with E-state index in [4.69, 9.17) is 5.26 Å². The third-order valence-electron chi connectivity index (χ3n) is 2.54. The van der Waals surface area contributed by atoms with E-state index in [0.29, 0.717) is 5.56 Å². The zero-order chi connectivity index (χ0) is 14.6. The summed E-state index contributed by atoms with van der Waals surface area (Å²) in [4.78, 5) is 3.67. The maximum atomic E-state index is 12.7. The fourth-order valence-electron chi connectivity index (χ4n) is 1.47. The highest BCUT2D eigenvalue weighted by Crippen LogP contribution is 2.09. The first-order chi connectivity index (χ1) is 9.51. The van der Waals surface area contributed by atoms with E-state index in [-0.39, 0.29) is 23.0 Å². The van der Waals surface area contributed by atoms with Crippen molar-refractivity contribution in [3.05, 3.63) is 59.7 Å². The lowest BCUT2D eigenvalue weighted by Gasteiger charge is -2.06. The molecule has 20 heavy (non-hydrogen) atoms. The number of sulfonamides is 1. The van der Waals surface area contributed by atoms with Crippen LogP contribution in [0.25, 0.3) is 0 Å². The summed E-state index contributed by atoms with van der Waals surface area (Å²) in [5, 5.41) is 8.60. The van der Waals surface area contributed by atoms with E-state index in [0.717, 1.165) is 6.20 Å². The van der Waals surface area contributed by atoms with Gasteiger partial charge in [-0.1, -0.05) is 12.1 Å². The van der Waals surface area contributed by atoms with Crippen LogP contribution in [0.15, 0.2) is 47.5 Å². The van der Waals surface area contributed by atoms with Crippen molar-refractivity contribution in [1.82, 2.24) is 9.71 Å². The third-order valence-corrected chi connectivity index (χ3v) is 3.93. The van der Waals surface area contributed by atoms with Crippen LogP contribution in [0.2, 0.25) is 0 Å². The number of nitriles is 1. The maximum Gasteiger partial charge on any atom is 0.242 e. The van der Waals surface area contributed by atoms with Gasteiger partial charge in [0.2, 0.25) is 10.0 Å². The van der Waals surface area contributed by atoms with E-state index in [2.05, 4.69) is 9.71 Å². The zero-order valence-electron chi connectivity index (χ0n) is 10.2. The monoisotopic (exact) mass is 291 g/mol. The summed E-state index contributed by atoms with van der Waals surface area (Å²) < 4.78 is 39.0. The Morgan fingerprint density at radius 2 is 1.90 bits per heavy atom. The molecule has 0 aliphatic carbocycles. The SMILES string of the molecule is N#Cc1ccc(S(=O)(=O)NCc2ccc(F)cc2)cn1. The quantitative estimate of drug-likeness (QED) is 0.927. The first kappa shape index (κ1) is 14.1. The van der Waals surface area contributed by atoms with Crippen LogP contribution in [0, 0.1) is 17.1 Å². The Morgan fingerprint density at radius 3 is 2.45 bits per heavy atom. The normalized spacial score (nSPS) is 11.0. The molecule has 0 aliphatic rings. The minimum Gasteiger partial charge on any atom is -0.244 e. The number of benzene rings is 1. The van der Waals surface area contributed by atoms with Gasteiger partial charge >= 0.3 is 0 Å². The van der Waals surface area contributed by atoms with Crippen LogP contribution in [0.3, 0.4) is 0 Å². The van der Waals surface area contributed by atoms with Crippen LogP contribution in [-0.4, -0.2) is 13.4 Å². The number of nitrogens with one attached hydrogen (secondary N) is 1. The fraction of sp³-hybridized carbons (Fsp3) is 0.0769. The summed E-state index contributed by atoms with van der Waals surface area (Å²) >= 11 is 0. The van der Waals surface area contributed by atoms with Crippen LogP contribution in [0.4, 0.5) is 4.39 Å². The first-order valence-corrected chi connectivity index (χ1v) is 7.10. The highest BCUT2D eigenvalue weighted by atomic mass is 32.2. The molecule has 1 N–H and O–H groups in total. The molecule has 0 fully saturated rings. The Morgan fingerprint density at radius 1 is 1.20 bits per heavy atom. The van der Waals surface area contributed by atoms with E-state index >= 15 is 0 Å². The lowest BCUT2D eigenvalue weighted by Crippen LogP contribution is -2.23. The molecule has 0 aliphatic heterocycles. The number of pyridine rings is 1. The molecule has 0 atom stereocenters. The average molecular weight is 291 g/mol. The molecule has 0 bridgehead atoms. The smallest absolute Gasteiger partial charge is 0.242 e. The van der Waals surface area contributed by atoms with E-state index < -0.39 is 10.0 Å². The molecule has 2 rings (SSSR count). The van der Waals surface area contributed by atoms with Gasteiger partial charge in [-0.15, -0.1) is 0 Å². The molecule has 0 spiro atoms. The van der Waals surface area contributed by atoms with Crippen LogP contribution in [-0.2, 0) is 16.6 Å². The third kappa shape index (κ3) is 3.38.